The first-order valence-corrected chi connectivity index (χ1v) is 13.2. The summed E-state index contributed by atoms with van der Waals surface area (Å²) in [6, 6.07) is -0.697. The van der Waals surface area contributed by atoms with Gasteiger partial charge < -0.3 is 19.8 Å². The Morgan fingerprint density at radius 1 is 0.909 bits per heavy atom. The molecule has 4 rings (SSSR count). The molecule has 3 amide bonds. The molecule has 0 aliphatic carbocycles. The van der Waals surface area contributed by atoms with Gasteiger partial charge in [0.2, 0.25) is 17.7 Å². The molecule has 0 bridgehead atoms. The van der Waals surface area contributed by atoms with E-state index in [4.69, 9.17) is 0 Å². The molecule has 0 saturated carbocycles. The van der Waals surface area contributed by atoms with E-state index in [0.717, 1.165) is 25.7 Å². The number of unbranched alkanes of at least 4 members (excludes halogenated alkanes) is 2. The van der Waals surface area contributed by atoms with Gasteiger partial charge in [-0.05, 0) is 19.8 Å². The molecule has 182 valence electrons. The maximum atomic E-state index is 13.9. The van der Waals surface area contributed by atoms with E-state index in [9.17, 15) is 19.5 Å². The molecule has 7 nitrogen and oxygen atoms in total. The molecule has 8 heteroatoms. The van der Waals surface area contributed by atoms with Crippen molar-refractivity contribution < 1.29 is 19.5 Å². The number of hydrogen-bond donors (Lipinski definition) is 1. The number of likely N-dealkylation sites (tertiary alicyclic amines) is 1. The highest BCUT2D eigenvalue weighted by molar-refractivity contribution is 8.02. The predicted octanol–water partition coefficient (Wildman–Crippen LogP) is 2.06. The highest BCUT2D eigenvalue weighted by Gasteiger charge is 2.73. The van der Waals surface area contributed by atoms with Gasteiger partial charge in [-0.2, -0.15) is 0 Å². The molecular weight excluding hydrogens is 438 g/mol. The van der Waals surface area contributed by atoms with E-state index in [1.807, 2.05) is 41.9 Å². The van der Waals surface area contributed by atoms with Crippen molar-refractivity contribution in [1.82, 2.24) is 14.7 Å². The van der Waals surface area contributed by atoms with Crippen molar-refractivity contribution in [2.45, 2.75) is 62.0 Å². The highest BCUT2D eigenvalue weighted by atomic mass is 32.2. The zero-order chi connectivity index (χ0) is 23.8. The number of rotatable bonds is 8. The number of fused-ring (bicyclic) bond motifs is 2. The third kappa shape index (κ3) is 3.83. The molecule has 4 aliphatic rings. The Morgan fingerprint density at radius 2 is 1.61 bits per heavy atom. The lowest BCUT2D eigenvalue weighted by Gasteiger charge is -2.36. The van der Waals surface area contributed by atoms with Gasteiger partial charge >= 0.3 is 0 Å². The fourth-order valence-electron chi connectivity index (χ4n) is 6.19. The van der Waals surface area contributed by atoms with Crippen LogP contribution in [0.5, 0.6) is 0 Å². The normalized spacial score (nSPS) is 35.6. The number of carbonyl (C=O) groups excluding carboxylic acids is 3. The van der Waals surface area contributed by atoms with Crippen molar-refractivity contribution in [3.63, 3.8) is 0 Å². The lowest BCUT2D eigenvalue weighted by atomic mass is 9.74. The smallest absolute Gasteiger partial charge is 0.247 e. The van der Waals surface area contributed by atoms with E-state index in [1.165, 1.54) is 0 Å². The Kier molecular flexibility index (Phi) is 6.97. The Labute approximate surface area is 201 Å². The summed E-state index contributed by atoms with van der Waals surface area (Å²) in [5, 5.41) is 9.75. The summed E-state index contributed by atoms with van der Waals surface area (Å²) in [5.74, 6) is -1.38. The fraction of sp³-hybridized carbons (Fsp3) is 0.720. The van der Waals surface area contributed by atoms with Crippen LogP contribution in [0.3, 0.4) is 0 Å². The molecule has 33 heavy (non-hydrogen) atoms. The van der Waals surface area contributed by atoms with E-state index in [2.05, 4.69) is 13.0 Å². The molecule has 0 aromatic rings. The molecule has 1 unspecified atom stereocenters. The zero-order valence-electron chi connectivity index (χ0n) is 20.0. The number of β-amino-alcohol motifs (C(OH)–C–C–N with tert-alkyl or cyclic N) is 1. The second-order valence-corrected chi connectivity index (χ2v) is 11.6. The zero-order valence-corrected chi connectivity index (χ0v) is 20.9. The SMILES string of the molecule is CCCCCN1CC=C[C@]23S[C@@]4(C)C=CCN(CCC)C(=O)[C@H]4[C@H]2C(=O)N(CCO)C3C1=O. The van der Waals surface area contributed by atoms with Crippen LogP contribution in [-0.2, 0) is 14.4 Å². The number of thioether (sulfide) groups is 1. The van der Waals surface area contributed by atoms with Gasteiger partial charge in [0.1, 0.15) is 6.04 Å². The molecule has 4 aliphatic heterocycles. The second-order valence-electron chi connectivity index (χ2n) is 9.83. The van der Waals surface area contributed by atoms with Crippen LogP contribution in [-0.4, -0.2) is 92.4 Å². The average molecular weight is 476 g/mol. The molecule has 4 heterocycles. The molecular formula is C25H37N3O4S. The molecule has 2 saturated heterocycles. The van der Waals surface area contributed by atoms with Crippen molar-refractivity contribution in [1.29, 1.82) is 0 Å². The second kappa shape index (κ2) is 9.45. The third-order valence-electron chi connectivity index (χ3n) is 7.59. The monoisotopic (exact) mass is 475 g/mol. The first-order valence-electron chi connectivity index (χ1n) is 12.4. The maximum absolute atomic E-state index is 13.9. The summed E-state index contributed by atoms with van der Waals surface area (Å²) in [4.78, 5) is 46.8. The number of aliphatic hydroxyl groups excluding tert-OH is 1. The van der Waals surface area contributed by atoms with Crippen LogP contribution in [0.1, 0.15) is 46.5 Å². The van der Waals surface area contributed by atoms with Crippen LogP contribution in [0.4, 0.5) is 0 Å². The van der Waals surface area contributed by atoms with E-state index in [1.54, 1.807) is 16.7 Å². The quantitative estimate of drug-likeness (QED) is 0.429. The van der Waals surface area contributed by atoms with Gasteiger partial charge in [0, 0.05) is 37.5 Å². The lowest BCUT2D eigenvalue weighted by Crippen LogP contribution is -2.54. The van der Waals surface area contributed by atoms with Crippen LogP contribution >= 0.6 is 11.8 Å². The van der Waals surface area contributed by atoms with Gasteiger partial charge in [-0.3, -0.25) is 14.4 Å². The number of amides is 3. The minimum absolute atomic E-state index is 0.00145. The molecule has 0 radical (unpaired) electrons. The first-order chi connectivity index (χ1) is 15.8. The Morgan fingerprint density at radius 3 is 2.27 bits per heavy atom. The number of aliphatic hydroxyl groups is 1. The van der Waals surface area contributed by atoms with Crippen LogP contribution in [0.15, 0.2) is 24.3 Å². The first kappa shape index (κ1) is 24.3. The van der Waals surface area contributed by atoms with Gasteiger partial charge in [-0.1, -0.05) is 51.0 Å². The summed E-state index contributed by atoms with van der Waals surface area (Å²) in [6.07, 6.45) is 12.1. The molecule has 5 atom stereocenters. The van der Waals surface area contributed by atoms with Crippen molar-refractivity contribution in [2.75, 3.05) is 39.3 Å². The maximum Gasteiger partial charge on any atom is 0.247 e. The minimum Gasteiger partial charge on any atom is -0.395 e. The Hall–Kier alpha value is -1.80. The Balaban J connectivity index is 1.78. The van der Waals surface area contributed by atoms with Crippen LogP contribution < -0.4 is 0 Å². The van der Waals surface area contributed by atoms with E-state index < -0.39 is 27.4 Å². The Bertz CT molecular complexity index is 861. The van der Waals surface area contributed by atoms with Crippen molar-refractivity contribution in [3.8, 4) is 0 Å². The third-order valence-corrected chi connectivity index (χ3v) is 9.39. The van der Waals surface area contributed by atoms with Crippen molar-refractivity contribution in [2.24, 2.45) is 11.8 Å². The minimum atomic E-state index is -0.808. The van der Waals surface area contributed by atoms with E-state index >= 15 is 0 Å². The van der Waals surface area contributed by atoms with Crippen molar-refractivity contribution >= 4 is 29.5 Å². The standard InChI is InChI=1S/C25H37N3O4S/c1-4-6-7-13-27-15-9-11-25-19(22(31)28(16-17-29)20(25)23(27)32)18-21(30)26(12-5-2)14-8-10-24(18,3)33-25/h8-11,18-20,29H,4-7,12-17H2,1-3H3/t18-,19+,20?,24+,25+/m1/s1. The topological polar surface area (TPSA) is 81.2 Å². The number of nitrogens with zero attached hydrogens (tertiary/aromatic N) is 3. The average Bonchev–Trinajstić information content (AvgIpc) is 3.04. The molecule has 0 aromatic heterocycles. The summed E-state index contributed by atoms with van der Waals surface area (Å²) >= 11 is 1.60. The lowest BCUT2D eigenvalue weighted by molar-refractivity contribution is -0.145. The van der Waals surface area contributed by atoms with Gasteiger partial charge in [-0.15, -0.1) is 11.8 Å². The van der Waals surface area contributed by atoms with Gasteiger partial charge in [0.25, 0.3) is 0 Å². The van der Waals surface area contributed by atoms with Crippen LogP contribution in [0.2, 0.25) is 0 Å². The van der Waals surface area contributed by atoms with Gasteiger partial charge in [-0.25, -0.2) is 0 Å². The van der Waals surface area contributed by atoms with E-state index in [0.29, 0.717) is 26.2 Å². The van der Waals surface area contributed by atoms with E-state index in [-0.39, 0.29) is 30.9 Å². The largest absolute Gasteiger partial charge is 0.395 e. The van der Waals surface area contributed by atoms with Crippen LogP contribution in [0, 0.1) is 11.8 Å². The molecule has 2 fully saturated rings. The summed E-state index contributed by atoms with van der Waals surface area (Å²) in [6.45, 7) is 8.50. The molecule has 1 spiro atoms. The predicted molar refractivity (Wildman–Crippen MR) is 130 cm³/mol. The number of hydrogen-bond acceptors (Lipinski definition) is 5. The van der Waals surface area contributed by atoms with Crippen LogP contribution in [0.25, 0.3) is 0 Å². The summed E-state index contributed by atoms with van der Waals surface area (Å²) in [7, 11) is 0. The fourth-order valence-corrected chi connectivity index (χ4v) is 8.35. The summed E-state index contributed by atoms with van der Waals surface area (Å²) < 4.78 is -1.37. The van der Waals surface area contributed by atoms with Gasteiger partial charge in [0.15, 0.2) is 0 Å². The highest BCUT2D eigenvalue weighted by Crippen LogP contribution is 2.65. The van der Waals surface area contributed by atoms with Gasteiger partial charge in [0.05, 0.1) is 23.2 Å². The molecule has 0 aromatic carbocycles. The summed E-state index contributed by atoms with van der Waals surface area (Å²) in [5.41, 5.74) is 0. The molecule has 1 N–H and O–H groups in total. The van der Waals surface area contributed by atoms with Crippen molar-refractivity contribution in [3.05, 3.63) is 24.3 Å². The number of carbonyl (C=O) groups is 3.